The molecule has 1 rings (SSSR count). The van der Waals surface area contributed by atoms with Crippen molar-refractivity contribution in [1.82, 2.24) is 0 Å². The molecule has 0 saturated heterocycles. The van der Waals surface area contributed by atoms with Gasteiger partial charge in [-0.25, -0.2) is 4.79 Å². The first-order valence-electron chi connectivity index (χ1n) is 4.19. The average Bonchev–Trinajstić information content (AvgIpc) is 2.41. The molecule has 0 heterocycles. The fourth-order valence-electron chi connectivity index (χ4n) is 1.03. The summed E-state index contributed by atoms with van der Waals surface area (Å²) in [5.74, 6) is 0. The summed E-state index contributed by atoms with van der Waals surface area (Å²) in [4.78, 5) is 9.60. The number of ether oxygens (including phenoxy) is 1. The predicted octanol–water partition coefficient (Wildman–Crippen LogP) is 2.05. The molecule has 1 aliphatic rings. The van der Waals surface area contributed by atoms with E-state index < -0.39 is 6.09 Å². The number of hydrogen-bond donors (Lipinski definition) is 1. The zero-order valence-electron chi connectivity index (χ0n) is 7.14. The summed E-state index contributed by atoms with van der Waals surface area (Å²) in [6.07, 6.45) is 6.79. The van der Waals surface area contributed by atoms with Crippen molar-refractivity contribution in [3.63, 3.8) is 0 Å². The van der Waals surface area contributed by atoms with Gasteiger partial charge >= 0.3 is 6.09 Å². The molecule has 1 saturated carbocycles. The molecule has 2 N–H and O–H groups in total. The van der Waals surface area contributed by atoms with Crippen LogP contribution >= 0.6 is 0 Å². The lowest BCUT2D eigenvalue weighted by Gasteiger charge is -1.89. The molecule has 0 bridgehead atoms. The van der Waals surface area contributed by atoms with E-state index in [-0.39, 0.29) is 0 Å². The van der Waals surface area contributed by atoms with E-state index in [0.29, 0.717) is 6.61 Å². The van der Waals surface area contributed by atoms with Crippen molar-refractivity contribution < 1.29 is 9.53 Å². The van der Waals surface area contributed by atoms with Crippen LogP contribution in [0.5, 0.6) is 0 Å². The molecule has 3 heteroatoms. The van der Waals surface area contributed by atoms with Crippen molar-refractivity contribution in [2.75, 3.05) is 6.61 Å². The monoisotopic (exact) mass is 159 g/mol. The van der Waals surface area contributed by atoms with Gasteiger partial charge in [-0.15, -0.1) is 0 Å². The van der Waals surface area contributed by atoms with E-state index in [0.717, 1.165) is 0 Å². The highest BCUT2D eigenvalue weighted by Gasteiger charge is 1.95. The Kier molecular flexibility index (Phi) is 6.89. The molecule has 66 valence electrons. The van der Waals surface area contributed by atoms with Gasteiger partial charge in [-0.3, -0.25) is 0 Å². The minimum atomic E-state index is -0.711. The number of nitrogens with two attached hydrogens (primary N) is 1. The quantitative estimate of drug-likeness (QED) is 0.636. The second-order valence-electron chi connectivity index (χ2n) is 2.52. The fourth-order valence-corrected chi connectivity index (χ4v) is 1.03. The van der Waals surface area contributed by atoms with E-state index in [1.54, 1.807) is 6.92 Å². The van der Waals surface area contributed by atoms with Gasteiger partial charge in [0.1, 0.15) is 0 Å². The van der Waals surface area contributed by atoms with E-state index in [1.165, 1.54) is 32.1 Å². The molecule has 0 aromatic carbocycles. The Hall–Kier alpha value is -0.730. The average molecular weight is 159 g/mol. The summed E-state index contributed by atoms with van der Waals surface area (Å²) < 4.78 is 4.18. The number of carbonyl (C=O) groups is 1. The van der Waals surface area contributed by atoms with Crippen molar-refractivity contribution in [2.45, 2.75) is 39.0 Å². The van der Waals surface area contributed by atoms with Gasteiger partial charge in [0.2, 0.25) is 0 Å². The van der Waals surface area contributed by atoms with Gasteiger partial charge in [-0.1, -0.05) is 32.1 Å². The Morgan fingerprint density at radius 2 is 1.64 bits per heavy atom. The van der Waals surface area contributed by atoms with Crippen LogP contribution in [0.15, 0.2) is 0 Å². The standard InChI is InChI=1S/C5H10.C3H7NO2/c1-2-4-5-3-1;1-2-6-3(4)5/h1-5H2;2H2,1H3,(H2,4,5). The minimum absolute atomic E-state index is 0.356. The van der Waals surface area contributed by atoms with E-state index in [1.807, 2.05) is 0 Å². The van der Waals surface area contributed by atoms with Crippen LogP contribution < -0.4 is 5.73 Å². The van der Waals surface area contributed by atoms with Crippen LogP contribution in [0.1, 0.15) is 39.0 Å². The first-order chi connectivity index (χ1) is 5.27. The first-order valence-corrected chi connectivity index (χ1v) is 4.19. The lowest BCUT2D eigenvalue weighted by Crippen LogP contribution is -2.11. The Bertz CT molecular complexity index is 92.7. The molecule has 0 aliphatic heterocycles. The second-order valence-corrected chi connectivity index (χ2v) is 2.52. The van der Waals surface area contributed by atoms with Crippen LogP contribution in [0.2, 0.25) is 0 Å². The Morgan fingerprint density at radius 3 is 1.73 bits per heavy atom. The van der Waals surface area contributed by atoms with Gasteiger partial charge in [-0.2, -0.15) is 0 Å². The maximum atomic E-state index is 9.60. The lowest BCUT2D eigenvalue weighted by atomic mass is 10.4. The third kappa shape index (κ3) is 9.27. The van der Waals surface area contributed by atoms with Gasteiger partial charge in [0.25, 0.3) is 0 Å². The molecule has 1 amide bonds. The van der Waals surface area contributed by atoms with Crippen molar-refractivity contribution in [3.8, 4) is 0 Å². The molecular weight excluding hydrogens is 142 g/mol. The second kappa shape index (κ2) is 7.38. The summed E-state index contributed by atoms with van der Waals surface area (Å²) in [5.41, 5.74) is 4.54. The Balaban J connectivity index is 0.000000183. The zero-order chi connectivity index (χ0) is 8.53. The minimum Gasteiger partial charge on any atom is -0.450 e. The number of primary amides is 1. The Morgan fingerprint density at radius 1 is 1.27 bits per heavy atom. The molecule has 11 heavy (non-hydrogen) atoms. The smallest absolute Gasteiger partial charge is 0.404 e. The zero-order valence-corrected chi connectivity index (χ0v) is 7.14. The van der Waals surface area contributed by atoms with Crippen molar-refractivity contribution in [3.05, 3.63) is 0 Å². The Labute approximate surface area is 67.9 Å². The van der Waals surface area contributed by atoms with Crippen LogP contribution in [-0.4, -0.2) is 12.7 Å². The molecule has 0 aromatic rings. The van der Waals surface area contributed by atoms with E-state index >= 15 is 0 Å². The molecule has 3 nitrogen and oxygen atoms in total. The van der Waals surface area contributed by atoms with Gasteiger partial charge in [0.15, 0.2) is 0 Å². The van der Waals surface area contributed by atoms with Crippen LogP contribution in [-0.2, 0) is 4.74 Å². The topological polar surface area (TPSA) is 52.3 Å². The number of hydrogen-bond acceptors (Lipinski definition) is 2. The van der Waals surface area contributed by atoms with Crippen molar-refractivity contribution in [2.24, 2.45) is 5.73 Å². The highest BCUT2D eigenvalue weighted by Crippen LogP contribution is 2.15. The van der Waals surface area contributed by atoms with Gasteiger partial charge in [-0.05, 0) is 6.92 Å². The van der Waals surface area contributed by atoms with E-state index in [9.17, 15) is 4.79 Å². The van der Waals surface area contributed by atoms with Crippen molar-refractivity contribution >= 4 is 6.09 Å². The maximum absolute atomic E-state index is 9.60. The van der Waals surface area contributed by atoms with Crippen molar-refractivity contribution in [1.29, 1.82) is 0 Å². The number of carbonyl (C=O) groups excluding carboxylic acids is 1. The maximum Gasteiger partial charge on any atom is 0.404 e. The summed E-state index contributed by atoms with van der Waals surface area (Å²) in [6, 6.07) is 0. The van der Waals surface area contributed by atoms with Crippen LogP contribution in [0.3, 0.4) is 0 Å². The fraction of sp³-hybridized carbons (Fsp3) is 0.875. The highest BCUT2D eigenvalue weighted by atomic mass is 16.5. The summed E-state index contributed by atoms with van der Waals surface area (Å²) in [6.45, 7) is 2.06. The molecule has 0 spiro atoms. The molecule has 1 fully saturated rings. The first kappa shape index (κ1) is 10.3. The number of rotatable bonds is 1. The molecule has 0 atom stereocenters. The SMILES string of the molecule is C1CCCC1.CCOC(N)=O. The third-order valence-corrected chi connectivity index (χ3v) is 1.54. The van der Waals surface area contributed by atoms with Gasteiger partial charge in [0.05, 0.1) is 6.61 Å². The van der Waals surface area contributed by atoms with E-state index in [2.05, 4.69) is 10.5 Å². The molecule has 1 aliphatic carbocycles. The largest absolute Gasteiger partial charge is 0.450 e. The van der Waals surface area contributed by atoms with Crippen LogP contribution in [0.4, 0.5) is 4.79 Å². The molecule has 0 unspecified atom stereocenters. The van der Waals surface area contributed by atoms with E-state index in [4.69, 9.17) is 0 Å². The van der Waals surface area contributed by atoms with Crippen LogP contribution in [0.25, 0.3) is 0 Å². The summed E-state index contributed by atoms with van der Waals surface area (Å²) >= 11 is 0. The third-order valence-electron chi connectivity index (χ3n) is 1.54. The molecule has 0 aromatic heterocycles. The summed E-state index contributed by atoms with van der Waals surface area (Å²) in [5, 5.41) is 0. The molecule has 0 radical (unpaired) electrons. The van der Waals surface area contributed by atoms with Gasteiger partial charge < -0.3 is 10.5 Å². The van der Waals surface area contributed by atoms with Crippen LogP contribution in [0, 0.1) is 0 Å². The lowest BCUT2D eigenvalue weighted by molar-refractivity contribution is 0.163. The normalized spacial score (nSPS) is 15.0. The molecular formula is C8H17NO2. The predicted molar refractivity (Wildman–Crippen MR) is 44.3 cm³/mol. The highest BCUT2D eigenvalue weighted by molar-refractivity contribution is 5.64. The number of amides is 1. The summed E-state index contributed by atoms with van der Waals surface area (Å²) in [7, 11) is 0. The van der Waals surface area contributed by atoms with Gasteiger partial charge in [0, 0.05) is 0 Å².